The number of fused-ring (bicyclic) bond motifs is 1. The lowest BCUT2D eigenvalue weighted by molar-refractivity contribution is 0.0730. The zero-order valence-electron chi connectivity index (χ0n) is 11.8. The van der Waals surface area contributed by atoms with Crippen molar-refractivity contribution in [1.82, 2.24) is 9.88 Å². The number of aromatic nitrogens is 1. The van der Waals surface area contributed by atoms with Crippen LogP contribution in [0.2, 0.25) is 0 Å². The molecule has 0 bridgehead atoms. The van der Waals surface area contributed by atoms with Gasteiger partial charge in [0.15, 0.2) is 11.6 Å². The van der Waals surface area contributed by atoms with Crippen LogP contribution in [-0.4, -0.2) is 29.4 Å². The minimum atomic E-state index is -0.594. The summed E-state index contributed by atoms with van der Waals surface area (Å²) in [7, 11) is 1.58. The summed E-state index contributed by atoms with van der Waals surface area (Å²) in [5.41, 5.74) is 2.45. The maximum atomic E-state index is 14.2. The number of nitrogens with zero attached hydrogens (tertiary/aromatic N) is 2. The Bertz CT molecular complexity index is 687. The molecule has 5 heteroatoms. The second-order valence-corrected chi connectivity index (χ2v) is 5.02. The van der Waals surface area contributed by atoms with Crippen LogP contribution in [0.15, 0.2) is 36.5 Å². The van der Waals surface area contributed by atoms with Crippen LogP contribution in [0.5, 0.6) is 0 Å². The molecular weight excluding hydrogens is 269 g/mol. The number of carbonyl (C=O) groups is 1. The first-order valence-corrected chi connectivity index (χ1v) is 6.89. The fourth-order valence-electron chi connectivity index (χ4n) is 2.62. The topological polar surface area (TPSA) is 45.2 Å². The average molecular weight is 285 g/mol. The van der Waals surface area contributed by atoms with E-state index in [0.29, 0.717) is 13.1 Å². The molecule has 0 atom stereocenters. The van der Waals surface area contributed by atoms with Gasteiger partial charge in [-0.1, -0.05) is 24.3 Å². The molecule has 1 aromatic heterocycles. The number of rotatable bonds is 2. The molecule has 2 aromatic rings. The highest BCUT2D eigenvalue weighted by atomic mass is 19.1. The summed E-state index contributed by atoms with van der Waals surface area (Å²) in [5.74, 6) is -0.789. The molecule has 0 saturated carbocycles. The molecule has 0 saturated heterocycles. The zero-order chi connectivity index (χ0) is 14.8. The quantitative estimate of drug-likeness (QED) is 0.922. The van der Waals surface area contributed by atoms with Crippen molar-refractivity contribution in [3.8, 4) is 0 Å². The fraction of sp³-hybridized carbons (Fsp3) is 0.250. The molecule has 1 aliphatic rings. The van der Waals surface area contributed by atoms with Crippen molar-refractivity contribution in [2.45, 2.75) is 13.0 Å². The van der Waals surface area contributed by atoms with Gasteiger partial charge in [-0.3, -0.25) is 4.79 Å². The Morgan fingerprint density at radius 1 is 1.29 bits per heavy atom. The number of hydrogen-bond donors (Lipinski definition) is 1. The van der Waals surface area contributed by atoms with Crippen LogP contribution < -0.4 is 5.32 Å². The first-order chi connectivity index (χ1) is 10.2. The summed E-state index contributed by atoms with van der Waals surface area (Å²) in [5, 5.41) is 2.65. The van der Waals surface area contributed by atoms with E-state index in [9.17, 15) is 9.18 Å². The van der Waals surface area contributed by atoms with E-state index in [2.05, 4.69) is 16.4 Å². The number of benzene rings is 1. The van der Waals surface area contributed by atoms with Crippen molar-refractivity contribution >= 4 is 11.7 Å². The van der Waals surface area contributed by atoms with Gasteiger partial charge in [0.2, 0.25) is 0 Å². The molecule has 2 heterocycles. The highest BCUT2D eigenvalue weighted by Crippen LogP contribution is 2.22. The predicted octanol–water partition coefficient (Wildman–Crippen LogP) is 2.46. The molecule has 3 rings (SSSR count). The van der Waals surface area contributed by atoms with E-state index in [1.54, 1.807) is 11.9 Å². The molecule has 21 heavy (non-hydrogen) atoms. The molecule has 0 radical (unpaired) electrons. The fourth-order valence-corrected chi connectivity index (χ4v) is 2.62. The molecule has 4 nitrogen and oxygen atoms in total. The lowest BCUT2D eigenvalue weighted by atomic mass is 9.99. The summed E-state index contributed by atoms with van der Waals surface area (Å²) in [4.78, 5) is 18.1. The van der Waals surface area contributed by atoms with Gasteiger partial charge in [0.1, 0.15) is 0 Å². The summed E-state index contributed by atoms with van der Waals surface area (Å²) < 4.78 is 14.2. The molecule has 0 unspecified atom stereocenters. The molecule has 0 spiro atoms. The van der Waals surface area contributed by atoms with Gasteiger partial charge in [-0.2, -0.15) is 0 Å². The number of halogens is 1. The normalized spacial score (nSPS) is 13.7. The number of anilines is 1. The molecule has 1 amide bonds. The SMILES string of the molecule is CNc1nccc(C(=O)N2CCc3ccccc3C2)c1F. The van der Waals surface area contributed by atoms with Crippen LogP contribution in [-0.2, 0) is 13.0 Å². The first-order valence-electron chi connectivity index (χ1n) is 6.89. The lowest BCUT2D eigenvalue weighted by Gasteiger charge is -2.29. The van der Waals surface area contributed by atoms with Crippen LogP contribution in [0.25, 0.3) is 0 Å². The van der Waals surface area contributed by atoms with Gasteiger partial charge in [0.05, 0.1) is 5.56 Å². The Morgan fingerprint density at radius 2 is 2.05 bits per heavy atom. The van der Waals surface area contributed by atoms with Crippen molar-refractivity contribution in [2.24, 2.45) is 0 Å². The number of hydrogen-bond acceptors (Lipinski definition) is 3. The number of carbonyl (C=O) groups excluding carboxylic acids is 1. The maximum absolute atomic E-state index is 14.2. The van der Waals surface area contributed by atoms with E-state index in [1.807, 2.05) is 18.2 Å². The Morgan fingerprint density at radius 3 is 2.81 bits per heavy atom. The molecular formula is C16H16FN3O. The van der Waals surface area contributed by atoms with Crippen molar-refractivity contribution in [2.75, 3.05) is 18.9 Å². The van der Waals surface area contributed by atoms with Gasteiger partial charge in [-0.25, -0.2) is 9.37 Å². The second-order valence-electron chi connectivity index (χ2n) is 5.02. The van der Waals surface area contributed by atoms with E-state index in [0.717, 1.165) is 12.0 Å². The minimum absolute atomic E-state index is 0.0636. The monoisotopic (exact) mass is 285 g/mol. The third kappa shape index (κ3) is 2.46. The highest BCUT2D eigenvalue weighted by molar-refractivity contribution is 5.95. The highest BCUT2D eigenvalue weighted by Gasteiger charge is 2.24. The Balaban J connectivity index is 1.87. The van der Waals surface area contributed by atoms with Gasteiger partial charge in [-0.05, 0) is 23.6 Å². The van der Waals surface area contributed by atoms with Crippen LogP contribution in [0.4, 0.5) is 10.2 Å². The lowest BCUT2D eigenvalue weighted by Crippen LogP contribution is -2.36. The Hall–Kier alpha value is -2.43. The first kappa shape index (κ1) is 13.5. The molecule has 0 fully saturated rings. The number of nitrogens with one attached hydrogen (secondary N) is 1. The van der Waals surface area contributed by atoms with Crippen LogP contribution in [0.1, 0.15) is 21.5 Å². The van der Waals surface area contributed by atoms with Crippen LogP contribution in [0, 0.1) is 5.82 Å². The Kier molecular flexibility index (Phi) is 3.56. The van der Waals surface area contributed by atoms with Gasteiger partial charge in [0.25, 0.3) is 5.91 Å². The van der Waals surface area contributed by atoms with Crippen molar-refractivity contribution in [3.05, 3.63) is 59.0 Å². The standard InChI is InChI=1S/C16H16FN3O/c1-18-15-14(17)13(6-8-19-15)16(21)20-9-7-11-4-2-3-5-12(11)10-20/h2-6,8H,7,9-10H2,1H3,(H,18,19). The van der Waals surface area contributed by atoms with Gasteiger partial charge in [-0.15, -0.1) is 0 Å². The molecule has 0 aliphatic carbocycles. The summed E-state index contributed by atoms with van der Waals surface area (Å²) in [6.45, 7) is 1.12. The van der Waals surface area contributed by atoms with Gasteiger partial charge in [0, 0.05) is 26.3 Å². The molecule has 108 valence electrons. The van der Waals surface area contributed by atoms with Crippen molar-refractivity contribution in [1.29, 1.82) is 0 Å². The Labute approximate surface area is 122 Å². The van der Waals surface area contributed by atoms with Crippen molar-refractivity contribution in [3.63, 3.8) is 0 Å². The smallest absolute Gasteiger partial charge is 0.257 e. The molecule has 1 aliphatic heterocycles. The predicted molar refractivity (Wildman–Crippen MR) is 78.6 cm³/mol. The van der Waals surface area contributed by atoms with E-state index < -0.39 is 5.82 Å². The minimum Gasteiger partial charge on any atom is -0.371 e. The number of pyridine rings is 1. The van der Waals surface area contributed by atoms with Gasteiger partial charge < -0.3 is 10.2 Å². The van der Waals surface area contributed by atoms with Gasteiger partial charge >= 0.3 is 0 Å². The second kappa shape index (κ2) is 5.52. The average Bonchev–Trinajstić information content (AvgIpc) is 2.54. The van der Waals surface area contributed by atoms with E-state index in [-0.39, 0.29) is 17.3 Å². The third-order valence-electron chi connectivity index (χ3n) is 3.77. The molecule has 1 N–H and O–H groups in total. The van der Waals surface area contributed by atoms with Crippen molar-refractivity contribution < 1.29 is 9.18 Å². The van der Waals surface area contributed by atoms with Crippen LogP contribution >= 0.6 is 0 Å². The summed E-state index contributed by atoms with van der Waals surface area (Å²) >= 11 is 0. The largest absolute Gasteiger partial charge is 0.371 e. The molecule has 1 aromatic carbocycles. The zero-order valence-corrected chi connectivity index (χ0v) is 11.8. The third-order valence-corrected chi connectivity index (χ3v) is 3.77. The number of amides is 1. The van der Waals surface area contributed by atoms with E-state index in [4.69, 9.17) is 0 Å². The van der Waals surface area contributed by atoms with E-state index >= 15 is 0 Å². The van der Waals surface area contributed by atoms with Crippen LogP contribution in [0.3, 0.4) is 0 Å². The van der Waals surface area contributed by atoms with E-state index in [1.165, 1.54) is 17.8 Å². The summed E-state index contributed by atoms with van der Waals surface area (Å²) in [6.07, 6.45) is 2.24. The maximum Gasteiger partial charge on any atom is 0.257 e. The summed E-state index contributed by atoms with van der Waals surface area (Å²) in [6, 6.07) is 9.47.